The highest BCUT2D eigenvalue weighted by atomic mass is 32.2. The average molecular weight is 340 g/mol. The first-order valence-corrected chi connectivity index (χ1v) is 7.76. The fourth-order valence-corrected chi connectivity index (χ4v) is 2.73. The molecule has 9 nitrogen and oxygen atoms in total. The van der Waals surface area contributed by atoms with Gasteiger partial charge in [-0.2, -0.15) is 5.10 Å². The lowest BCUT2D eigenvalue weighted by molar-refractivity contribution is -0.144. The molecule has 10 heteroatoms. The molecule has 0 saturated carbocycles. The zero-order chi connectivity index (χ0) is 17.0. The van der Waals surface area contributed by atoms with Crippen LogP contribution in [0.4, 0.5) is 0 Å². The monoisotopic (exact) mass is 340 g/mol. The summed E-state index contributed by atoms with van der Waals surface area (Å²) < 4.78 is 6.23. The number of aliphatic hydroxyl groups excluding tert-OH is 1. The first-order chi connectivity index (χ1) is 11.0. The predicted octanol–water partition coefficient (Wildman–Crippen LogP) is -0.275. The van der Waals surface area contributed by atoms with E-state index in [9.17, 15) is 14.4 Å². The van der Waals surface area contributed by atoms with Crippen LogP contribution < -0.4 is 5.56 Å². The number of ether oxygens (including phenoxy) is 1. The Morgan fingerprint density at radius 1 is 1.52 bits per heavy atom. The highest BCUT2D eigenvalue weighted by Crippen LogP contribution is 2.22. The minimum atomic E-state index is -1.11. The summed E-state index contributed by atoms with van der Waals surface area (Å²) in [5, 5.41) is 12.2. The third-order valence-corrected chi connectivity index (χ3v) is 4.07. The molecule has 0 fully saturated rings. The SMILES string of the molecule is CCOC(=O)[C@@H](Sc1nc2c(cnn2CCO)c(=O)[nH]1)C(C)=O. The van der Waals surface area contributed by atoms with Crippen molar-refractivity contribution < 1.29 is 19.4 Å². The van der Waals surface area contributed by atoms with Gasteiger partial charge in [-0.05, 0) is 13.8 Å². The Morgan fingerprint density at radius 3 is 2.87 bits per heavy atom. The van der Waals surface area contributed by atoms with Crippen molar-refractivity contribution in [3.63, 3.8) is 0 Å². The van der Waals surface area contributed by atoms with Gasteiger partial charge in [0, 0.05) is 0 Å². The minimum absolute atomic E-state index is 0.107. The largest absolute Gasteiger partial charge is 0.465 e. The second-order valence-electron chi connectivity index (χ2n) is 4.56. The third kappa shape index (κ3) is 3.77. The lowest BCUT2D eigenvalue weighted by Gasteiger charge is -2.11. The number of nitrogens with one attached hydrogen (secondary N) is 1. The molecule has 0 aliphatic heterocycles. The van der Waals surface area contributed by atoms with Crippen LogP contribution in [0.3, 0.4) is 0 Å². The Hall–Kier alpha value is -2.20. The van der Waals surface area contributed by atoms with Gasteiger partial charge in [0.2, 0.25) is 0 Å². The van der Waals surface area contributed by atoms with E-state index < -0.39 is 22.6 Å². The Kier molecular flexibility index (Phi) is 5.50. The number of aliphatic hydroxyl groups is 1. The quantitative estimate of drug-likeness (QED) is 0.305. The molecule has 124 valence electrons. The topological polar surface area (TPSA) is 127 Å². The highest BCUT2D eigenvalue weighted by molar-refractivity contribution is 8.01. The first-order valence-electron chi connectivity index (χ1n) is 6.88. The summed E-state index contributed by atoms with van der Waals surface area (Å²) in [7, 11) is 0. The van der Waals surface area contributed by atoms with E-state index in [2.05, 4.69) is 15.1 Å². The molecule has 23 heavy (non-hydrogen) atoms. The number of nitrogens with zero attached hydrogens (tertiary/aromatic N) is 3. The van der Waals surface area contributed by atoms with Gasteiger partial charge in [-0.3, -0.25) is 14.4 Å². The molecule has 0 aliphatic rings. The molecule has 0 saturated heterocycles. The van der Waals surface area contributed by atoms with Gasteiger partial charge in [0.15, 0.2) is 21.8 Å². The fraction of sp³-hybridized carbons (Fsp3) is 0.462. The van der Waals surface area contributed by atoms with Crippen LogP contribution in [-0.4, -0.2) is 55.1 Å². The number of H-pyrrole nitrogens is 1. The molecule has 2 aromatic heterocycles. The second-order valence-corrected chi connectivity index (χ2v) is 5.65. The zero-order valence-corrected chi connectivity index (χ0v) is 13.4. The molecule has 2 heterocycles. The van der Waals surface area contributed by atoms with Gasteiger partial charge in [0.05, 0.1) is 26.0 Å². The number of Topliss-reactive ketones (excluding diaryl/α,β-unsaturated/α-hetero) is 1. The molecular weight excluding hydrogens is 324 g/mol. The van der Waals surface area contributed by atoms with E-state index >= 15 is 0 Å². The van der Waals surface area contributed by atoms with E-state index in [0.29, 0.717) is 0 Å². The summed E-state index contributed by atoms with van der Waals surface area (Å²) in [5.41, 5.74) is -0.163. The van der Waals surface area contributed by atoms with Crippen molar-refractivity contribution in [2.75, 3.05) is 13.2 Å². The summed E-state index contributed by atoms with van der Waals surface area (Å²) in [6, 6.07) is 0. The van der Waals surface area contributed by atoms with Crippen molar-refractivity contribution in [1.29, 1.82) is 0 Å². The molecule has 0 amide bonds. The van der Waals surface area contributed by atoms with Gasteiger partial charge < -0.3 is 14.8 Å². The molecule has 0 radical (unpaired) electrons. The summed E-state index contributed by atoms with van der Waals surface area (Å²) in [4.78, 5) is 42.2. The molecule has 2 rings (SSSR count). The number of fused-ring (bicyclic) bond motifs is 1. The maximum atomic E-state index is 12.0. The Balaban J connectivity index is 2.38. The van der Waals surface area contributed by atoms with E-state index in [1.54, 1.807) is 6.92 Å². The van der Waals surface area contributed by atoms with Crippen LogP contribution in [0, 0.1) is 0 Å². The minimum Gasteiger partial charge on any atom is -0.465 e. The van der Waals surface area contributed by atoms with Gasteiger partial charge >= 0.3 is 5.97 Å². The van der Waals surface area contributed by atoms with E-state index in [4.69, 9.17) is 9.84 Å². The summed E-state index contributed by atoms with van der Waals surface area (Å²) in [5.74, 6) is -1.09. The van der Waals surface area contributed by atoms with Crippen LogP contribution in [0.5, 0.6) is 0 Å². The Bertz CT molecular complexity index is 784. The summed E-state index contributed by atoms with van der Waals surface area (Å²) in [6.07, 6.45) is 1.35. The molecule has 2 N–H and O–H groups in total. The predicted molar refractivity (Wildman–Crippen MR) is 82.2 cm³/mol. The number of carbonyl (C=O) groups is 2. The zero-order valence-electron chi connectivity index (χ0n) is 12.6. The van der Waals surface area contributed by atoms with E-state index in [0.717, 1.165) is 11.8 Å². The van der Waals surface area contributed by atoms with Crippen molar-refractivity contribution in [2.45, 2.75) is 30.8 Å². The van der Waals surface area contributed by atoms with Crippen molar-refractivity contribution in [3.05, 3.63) is 16.6 Å². The molecular formula is C13H16N4O5S. The standard InChI is InChI=1S/C13H16N4O5S/c1-3-22-12(21)9(7(2)19)23-13-15-10-8(11(20)16-13)6-14-17(10)4-5-18/h6,9,18H,3-5H2,1-2H3,(H,15,16,20)/t9-/m0/s1. The van der Waals surface area contributed by atoms with E-state index in [1.807, 2.05) is 0 Å². The average Bonchev–Trinajstić information content (AvgIpc) is 2.89. The van der Waals surface area contributed by atoms with Gasteiger partial charge in [-0.25, -0.2) is 9.67 Å². The Labute approximate surface area is 135 Å². The summed E-state index contributed by atoms with van der Waals surface area (Å²) in [6.45, 7) is 3.07. The van der Waals surface area contributed by atoms with Crippen LogP contribution >= 0.6 is 11.8 Å². The van der Waals surface area contributed by atoms with Crippen LogP contribution in [-0.2, 0) is 20.9 Å². The molecule has 1 atom stereocenters. The van der Waals surface area contributed by atoms with Gasteiger partial charge in [-0.1, -0.05) is 11.8 Å². The van der Waals surface area contributed by atoms with Crippen molar-refractivity contribution in [3.8, 4) is 0 Å². The fourth-order valence-electron chi connectivity index (χ4n) is 1.89. The van der Waals surface area contributed by atoms with Crippen LogP contribution in [0.15, 0.2) is 16.1 Å². The van der Waals surface area contributed by atoms with Crippen molar-refractivity contribution in [1.82, 2.24) is 19.7 Å². The normalized spacial score (nSPS) is 12.3. The van der Waals surface area contributed by atoms with Gasteiger partial charge in [0.25, 0.3) is 5.56 Å². The Morgan fingerprint density at radius 2 is 2.26 bits per heavy atom. The number of aromatic nitrogens is 4. The molecule has 0 aromatic carbocycles. The maximum absolute atomic E-state index is 12.0. The molecule has 0 unspecified atom stereocenters. The van der Waals surface area contributed by atoms with Gasteiger partial charge in [-0.15, -0.1) is 0 Å². The first kappa shape index (κ1) is 17.2. The number of hydrogen-bond acceptors (Lipinski definition) is 8. The number of rotatable bonds is 7. The lowest BCUT2D eigenvalue weighted by atomic mass is 10.3. The molecule has 0 spiro atoms. The maximum Gasteiger partial charge on any atom is 0.327 e. The third-order valence-electron chi connectivity index (χ3n) is 2.90. The number of aromatic amines is 1. The molecule has 0 bridgehead atoms. The number of esters is 1. The lowest BCUT2D eigenvalue weighted by Crippen LogP contribution is -2.28. The van der Waals surface area contributed by atoms with Crippen molar-refractivity contribution >= 4 is 34.5 Å². The van der Waals surface area contributed by atoms with Crippen LogP contribution in [0.2, 0.25) is 0 Å². The van der Waals surface area contributed by atoms with Crippen molar-refractivity contribution in [2.24, 2.45) is 0 Å². The van der Waals surface area contributed by atoms with Gasteiger partial charge in [0.1, 0.15) is 5.39 Å². The highest BCUT2D eigenvalue weighted by Gasteiger charge is 2.27. The smallest absolute Gasteiger partial charge is 0.327 e. The van der Waals surface area contributed by atoms with Crippen LogP contribution in [0.1, 0.15) is 13.8 Å². The number of carbonyl (C=O) groups excluding carboxylic acids is 2. The molecule has 2 aromatic rings. The number of hydrogen-bond donors (Lipinski definition) is 2. The van der Waals surface area contributed by atoms with E-state index in [1.165, 1.54) is 17.8 Å². The number of ketones is 1. The van der Waals surface area contributed by atoms with E-state index in [-0.39, 0.29) is 35.9 Å². The second kappa shape index (κ2) is 7.38. The molecule has 0 aliphatic carbocycles. The number of thioether (sulfide) groups is 1. The summed E-state index contributed by atoms with van der Waals surface area (Å²) >= 11 is 0.810. The van der Waals surface area contributed by atoms with Crippen LogP contribution in [0.25, 0.3) is 11.0 Å².